The van der Waals surface area contributed by atoms with Crippen molar-refractivity contribution >= 4 is 23.4 Å². The van der Waals surface area contributed by atoms with Crippen LogP contribution in [0.5, 0.6) is 11.5 Å². The van der Waals surface area contributed by atoms with Crippen molar-refractivity contribution in [3.63, 3.8) is 0 Å². The van der Waals surface area contributed by atoms with Gasteiger partial charge in [-0.1, -0.05) is 11.8 Å². The Kier molecular flexibility index (Phi) is 7.93. The van der Waals surface area contributed by atoms with Gasteiger partial charge in [0.2, 0.25) is 5.91 Å². The van der Waals surface area contributed by atoms with Gasteiger partial charge in [-0.05, 0) is 52.2 Å². The van der Waals surface area contributed by atoms with Crippen molar-refractivity contribution in [1.29, 1.82) is 0 Å². The number of thioether (sulfide) groups is 1. The molecule has 1 aromatic heterocycles. The molecule has 0 aliphatic rings. The van der Waals surface area contributed by atoms with Crippen molar-refractivity contribution in [2.24, 2.45) is 0 Å². The van der Waals surface area contributed by atoms with Gasteiger partial charge in [-0.25, -0.2) is 4.39 Å². The van der Waals surface area contributed by atoms with Crippen LogP contribution < -0.4 is 14.8 Å². The Morgan fingerprint density at radius 1 is 1.06 bits per heavy atom. The van der Waals surface area contributed by atoms with Crippen LogP contribution in [0.1, 0.15) is 25.7 Å². The van der Waals surface area contributed by atoms with Crippen molar-refractivity contribution in [3.05, 3.63) is 54.1 Å². The van der Waals surface area contributed by atoms with Gasteiger partial charge in [-0.2, -0.15) is 0 Å². The quantitative estimate of drug-likeness (QED) is 0.467. The van der Waals surface area contributed by atoms with Gasteiger partial charge in [0.05, 0.1) is 25.5 Å². The van der Waals surface area contributed by atoms with Crippen LogP contribution in [-0.2, 0) is 4.79 Å². The van der Waals surface area contributed by atoms with E-state index >= 15 is 0 Å². The van der Waals surface area contributed by atoms with Gasteiger partial charge < -0.3 is 14.8 Å². The first-order valence-corrected chi connectivity index (χ1v) is 11.2. The summed E-state index contributed by atoms with van der Waals surface area (Å²) >= 11 is 1.27. The van der Waals surface area contributed by atoms with Gasteiger partial charge in [0.1, 0.15) is 17.3 Å². The standard InChI is InChI=1S/C23H28FN5O3S/c1-14(28(3)4)21-26-27-23(29(21)18-9-7-16(24)8-10-18)33-15(2)22(30)25-17-11-19(31-5)13-20(12-17)32-6/h7-15H,1-6H3,(H,25,30)/t14-,15+/m0/s1. The predicted octanol–water partition coefficient (Wildman–Crippen LogP) is 4.17. The lowest BCUT2D eigenvalue weighted by Gasteiger charge is -2.21. The van der Waals surface area contributed by atoms with Gasteiger partial charge in [0, 0.05) is 29.6 Å². The van der Waals surface area contributed by atoms with Gasteiger partial charge in [-0.3, -0.25) is 14.3 Å². The smallest absolute Gasteiger partial charge is 0.237 e. The first-order valence-electron chi connectivity index (χ1n) is 10.3. The Balaban J connectivity index is 1.86. The zero-order chi connectivity index (χ0) is 24.1. The molecule has 2 atom stereocenters. The average Bonchev–Trinajstić information content (AvgIpc) is 3.21. The van der Waals surface area contributed by atoms with E-state index in [1.807, 2.05) is 30.5 Å². The number of rotatable bonds is 9. The highest BCUT2D eigenvalue weighted by Crippen LogP contribution is 2.31. The van der Waals surface area contributed by atoms with Crippen molar-refractivity contribution in [1.82, 2.24) is 19.7 Å². The Labute approximate surface area is 197 Å². The number of aromatic nitrogens is 3. The zero-order valence-electron chi connectivity index (χ0n) is 19.5. The van der Waals surface area contributed by atoms with Crippen LogP contribution in [0.2, 0.25) is 0 Å². The fourth-order valence-corrected chi connectivity index (χ4v) is 3.90. The largest absolute Gasteiger partial charge is 0.497 e. The Morgan fingerprint density at radius 3 is 2.21 bits per heavy atom. The van der Waals surface area contributed by atoms with E-state index in [0.717, 1.165) is 5.69 Å². The van der Waals surface area contributed by atoms with E-state index in [2.05, 4.69) is 15.5 Å². The van der Waals surface area contributed by atoms with Crippen molar-refractivity contribution in [3.8, 4) is 17.2 Å². The molecule has 0 unspecified atom stereocenters. The SMILES string of the molecule is COc1cc(NC(=O)[C@@H](C)Sc2nnc([C@H](C)N(C)C)n2-c2ccc(F)cc2)cc(OC)c1. The fourth-order valence-electron chi connectivity index (χ4n) is 3.03. The summed E-state index contributed by atoms with van der Waals surface area (Å²) in [5.74, 6) is 1.29. The van der Waals surface area contributed by atoms with Gasteiger partial charge >= 0.3 is 0 Å². The Hall–Kier alpha value is -3.11. The summed E-state index contributed by atoms with van der Waals surface area (Å²) in [4.78, 5) is 14.9. The lowest BCUT2D eigenvalue weighted by atomic mass is 10.2. The molecule has 3 aromatic rings. The zero-order valence-corrected chi connectivity index (χ0v) is 20.3. The highest BCUT2D eigenvalue weighted by Gasteiger charge is 2.24. The lowest BCUT2D eigenvalue weighted by Crippen LogP contribution is -2.23. The van der Waals surface area contributed by atoms with Crippen LogP contribution in [0.25, 0.3) is 5.69 Å². The average molecular weight is 474 g/mol. The van der Waals surface area contributed by atoms with E-state index in [1.54, 1.807) is 51.5 Å². The Morgan fingerprint density at radius 2 is 1.67 bits per heavy atom. The maximum Gasteiger partial charge on any atom is 0.237 e. The number of nitrogens with one attached hydrogen (secondary N) is 1. The second-order valence-electron chi connectivity index (χ2n) is 7.64. The molecule has 2 aromatic carbocycles. The molecule has 0 aliphatic carbocycles. The molecule has 0 aliphatic heterocycles. The second-order valence-corrected chi connectivity index (χ2v) is 8.95. The summed E-state index contributed by atoms with van der Waals surface area (Å²) in [6, 6.07) is 11.2. The van der Waals surface area contributed by atoms with Crippen molar-refractivity contribution in [2.75, 3.05) is 33.6 Å². The van der Waals surface area contributed by atoms with Gasteiger partial charge in [-0.15, -0.1) is 10.2 Å². The maximum absolute atomic E-state index is 13.5. The van der Waals surface area contributed by atoms with E-state index in [4.69, 9.17) is 9.47 Å². The Bertz CT molecular complexity index is 1080. The molecule has 1 heterocycles. The molecular weight excluding hydrogens is 445 g/mol. The van der Waals surface area contributed by atoms with E-state index in [9.17, 15) is 9.18 Å². The summed E-state index contributed by atoms with van der Waals surface area (Å²) in [5, 5.41) is 11.6. The van der Waals surface area contributed by atoms with Crippen LogP contribution in [0.3, 0.4) is 0 Å². The summed E-state index contributed by atoms with van der Waals surface area (Å²) in [5.41, 5.74) is 1.28. The molecule has 10 heteroatoms. The maximum atomic E-state index is 13.5. The molecule has 1 N–H and O–H groups in total. The molecule has 33 heavy (non-hydrogen) atoms. The van der Waals surface area contributed by atoms with Crippen molar-refractivity contribution < 1.29 is 18.7 Å². The third-order valence-electron chi connectivity index (χ3n) is 5.16. The highest BCUT2D eigenvalue weighted by atomic mass is 32.2. The number of hydrogen-bond acceptors (Lipinski definition) is 7. The third-order valence-corrected chi connectivity index (χ3v) is 6.20. The number of ether oxygens (including phenoxy) is 2. The number of benzene rings is 2. The molecule has 0 saturated heterocycles. The molecule has 3 rings (SSSR count). The lowest BCUT2D eigenvalue weighted by molar-refractivity contribution is -0.115. The minimum atomic E-state index is -0.492. The summed E-state index contributed by atoms with van der Waals surface area (Å²) in [6.45, 7) is 3.79. The van der Waals surface area contributed by atoms with Gasteiger partial charge in [0.15, 0.2) is 11.0 Å². The fraction of sp³-hybridized carbons (Fsp3) is 0.348. The number of anilines is 1. The number of methoxy groups -OCH3 is 2. The van der Waals surface area contributed by atoms with Gasteiger partial charge in [0.25, 0.3) is 0 Å². The monoisotopic (exact) mass is 473 g/mol. The van der Waals surface area contributed by atoms with E-state index in [-0.39, 0.29) is 17.8 Å². The van der Waals surface area contributed by atoms with Crippen LogP contribution in [0, 0.1) is 5.82 Å². The van der Waals surface area contributed by atoms with Crippen LogP contribution in [-0.4, -0.2) is 59.1 Å². The van der Waals surface area contributed by atoms with E-state index in [1.165, 1.54) is 23.9 Å². The van der Waals surface area contributed by atoms with E-state index < -0.39 is 5.25 Å². The second kappa shape index (κ2) is 10.7. The molecule has 1 amide bonds. The minimum absolute atomic E-state index is 0.0507. The molecule has 176 valence electrons. The molecule has 0 radical (unpaired) electrons. The van der Waals surface area contributed by atoms with Crippen LogP contribution >= 0.6 is 11.8 Å². The molecule has 0 fully saturated rings. The predicted molar refractivity (Wildman–Crippen MR) is 127 cm³/mol. The topological polar surface area (TPSA) is 81.5 Å². The molecule has 0 bridgehead atoms. The molecular formula is C23H28FN5O3S. The first-order chi connectivity index (χ1) is 15.7. The third kappa shape index (κ3) is 5.82. The van der Waals surface area contributed by atoms with Crippen LogP contribution in [0.15, 0.2) is 47.6 Å². The summed E-state index contributed by atoms with van der Waals surface area (Å²) < 4.78 is 25.9. The number of carbonyl (C=O) groups is 1. The number of halogens is 1. The summed E-state index contributed by atoms with van der Waals surface area (Å²) in [6.07, 6.45) is 0. The van der Waals surface area contributed by atoms with Crippen molar-refractivity contribution in [2.45, 2.75) is 30.3 Å². The first kappa shape index (κ1) is 24.5. The number of nitrogens with zero attached hydrogens (tertiary/aromatic N) is 4. The number of hydrogen-bond donors (Lipinski definition) is 1. The van der Waals surface area contributed by atoms with Crippen LogP contribution in [0.4, 0.5) is 10.1 Å². The molecule has 8 nitrogen and oxygen atoms in total. The molecule has 0 spiro atoms. The van der Waals surface area contributed by atoms with E-state index in [0.29, 0.717) is 28.2 Å². The highest BCUT2D eigenvalue weighted by molar-refractivity contribution is 8.00. The summed E-state index contributed by atoms with van der Waals surface area (Å²) in [7, 11) is 6.99. The number of carbonyl (C=O) groups excluding carboxylic acids is 1. The minimum Gasteiger partial charge on any atom is -0.497 e. The molecule has 0 saturated carbocycles. The normalized spacial score (nSPS) is 13.0. The number of amides is 1.